The first-order valence-electron chi connectivity index (χ1n) is 6.88. The molecule has 4 heteroatoms. The number of anilines is 1. The summed E-state index contributed by atoms with van der Waals surface area (Å²) < 4.78 is 5.55. The van der Waals surface area contributed by atoms with E-state index in [2.05, 4.69) is 54.0 Å². The van der Waals surface area contributed by atoms with Crippen molar-refractivity contribution in [3.8, 4) is 5.75 Å². The minimum atomic E-state index is 0.288. The highest BCUT2D eigenvalue weighted by Gasteiger charge is 2.23. The molecule has 1 saturated heterocycles. The van der Waals surface area contributed by atoms with E-state index in [1.165, 1.54) is 17.0 Å². The van der Waals surface area contributed by atoms with Crippen molar-refractivity contribution in [3.05, 3.63) is 23.8 Å². The maximum Gasteiger partial charge on any atom is 0.125 e. The third kappa shape index (κ3) is 3.18. The molecule has 1 aromatic rings. The molecule has 2 rings (SSSR count). The summed E-state index contributed by atoms with van der Waals surface area (Å²) in [6, 6.07) is 6.64. The monoisotopic (exact) mass is 280 g/mol. The minimum Gasteiger partial charge on any atom is -0.496 e. The summed E-state index contributed by atoms with van der Waals surface area (Å²) in [5.74, 6) is 2.18. The van der Waals surface area contributed by atoms with Gasteiger partial charge in [-0.25, -0.2) is 0 Å². The van der Waals surface area contributed by atoms with Crippen LogP contribution >= 0.6 is 11.8 Å². The van der Waals surface area contributed by atoms with Crippen LogP contribution in [0.2, 0.25) is 0 Å². The number of thioether (sulfide) groups is 1. The van der Waals surface area contributed by atoms with Crippen LogP contribution in [0.5, 0.6) is 5.75 Å². The van der Waals surface area contributed by atoms with Crippen molar-refractivity contribution >= 4 is 17.4 Å². The molecule has 1 aromatic carbocycles. The van der Waals surface area contributed by atoms with Gasteiger partial charge in [0, 0.05) is 41.4 Å². The number of benzene rings is 1. The second-order valence-electron chi connectivity index (χ2n) is 5.03. The highest BCUT2D eigenvalue weighted by Crippen LogP contribution is 2.36. The molecule has 1 N–H and O–H groups in total. The van der Waals surface area contributed by atoms with Crippen molar-refractivity contribution < 1.29 is 4.74 Å². The lowest BCUT2D eigenvalue weighted by Crippen LogP contribution is -2.37. The fourth-order valence-electron chi connectivity index (χ4n) is 2.60. The van der Waals surface area contributed by atoms with Gasteiger partial charge < -0.3 is 15.0 Å². The Kier molecular flexibility index (Phi) is 4.99. The molecule has 0 amide bonds. The number of hydrogen-bond acceptors (Lipinski definition) is 4. The van der Waals surface area contributed by atoms with E-state index in [0.717, 1.165) is 18.8 Å². The normalized spacial score (nSPS) is 21.3. The maximum atomic E-state index is 5.55. The van der Waals surface area contributed by atoms with Crippen molar-refractivity contribution in [2.45, 2.75) is 25.1 Å². The van der Waals surface area contributed by atoms with Crippen LogP contribution in [0.3, 0.4) is 0 Å². The average molecular weight is 280 g/mol. The predicted octanol–water partition coefficient (Wildman–Crippen LogP) is 2.92. The van der Waals surface area contributed by atoms with Gasteiger partial charge in [0.1, 0.15) is 5.75 Å². The van der Waals surface area contributed by atoms with Crippen LogP contribution < -0.4 is 15.0 Å². The Balaban J connectivity index is 2.38. The van der Waals surface area contributed by atoms with E-state index in [0.29, 0.717) is 5.25 Å². The fourth-order valence-corrected chi connectivity index (χ4v) is 3.62. The van der Waals surface area contributed by atoms with Crippen molar-refractivity contribution in [2.75, 3.05) is 37.9 Å². The Morgan fingerprint density at radius 1 is 1.47 bits per heavy atom. The molecule has 0 bridgehead atoms. The number of ether oxygens (including phenoxy) is 1. The standard InChI is InChI=1S/C15H24N2OS/c1-11-10-17(8-9-19-11)13-6-5-7-14(18-4)15(13)12(2)16-3/h5-7,11-12,16H,8-10H2,1-4H3. The maximum absolute atomic E-state index is 5.55. The average Bonchev–Trinajstić information content (AvgIpc) is 2.45. The molecule has 2 unspecified atom stereocenters. The summed E-state index contributed by atoms with van der Waals surface area (Å²) in [5, 5.41) is 4.03. The van der Waals surface area contributed by atoms with Gasteiger partial charge in [-0.3, -0.25) is 0 Å². The molecule has 1 heterocycles. The van der Waals surface area contributed by atoms with Crippen LogP contribution in [0.25, 0.3) is 0 Å². The molecule has 0 radical (unpaired) electrons. The van der Waals surface area contributed by atoms with E-state index >= 15 is 0 Å². The Labute approximate surface area is 120 Å². The van der Waals surface area contributed by atoms with Crippen molar-refractivity contribution in [2.24, 2.45) is 0 Å². The van der Waals surface area contributed by atoms with E-state index in [1.807, 2.05) is 7.05 Å². The predicted molar refractivity (Wildman–Crippen MR) is 84.6 cm³/mol. The number of methoxy groups -OCH3 is 1. The largest absolute Gasteiger partial charge is 0.496 e. The van der Waals surface area contributed by atoms with Gasteiger partial charge in [0.15, 0.2) is 0 Å². The summed E-state index contributed by atoms with van der Waals surface area (Å²) in [6.45, 7) is 6.72. The molecular formula is C15H24N2OS. The lowest BCUT2D eigenvalue weighted by Gasteiger charge is -2.35. The third-order valence-electron chi connectivity index (χ3n) is 3.71. The van der Waals surface area contributed by atoms with E-state index in [9.17, 15) is 0 Å². The molecule has 0 aromatic heterocycles. The third-order valence-corrected chi connectivity index (χ3v) is 4.85. The molecule has 0 saturated carbocycles. The Morgan fingerprint density at radius 3 is 2.89 bits per heavy atom. The Bertz CT molecular complexity index is 425. The lowest BCUT2D eigenvalue weighted by atomic mass is 10.0. The Hall–Kier alpha value is -0.870. The van der Waals surface area contributed by atoms with Crippen LogP contribution in [0.1, 0.15) is 25.5 Å². The molecule has 106 valence electrons. The van der Waals surface area contributed by atoms with Gasteiger partial charge in [-0.05, 0) is 26.1 Å². The van der Waals surface area contributed by atoms with Gasteiger partial charge in [0.25, 0.3) is 0 Å². The van der Waals surface area contributed by atoms with Crippen LogP contribution in [0, 0.1) is 0 Å². The second-order valence-corrected chi connectivity index (χ2v) is 6.58. The molecule has 19 heavy (non-hydrogen) atoms. The van der Waals surface area contributed by atoms with E-state index in [-0.39, 0.29) is 6.04 Å². The zero-order chi connectivity index (χ0) is 13.8. The molecule has 1 aliphatic heterocycles. The topological polar surface area (TPSA) is 24.5 Å². The van der Waals surface area contributed by atoms with Gasteiger partial charge in [0.2, 0.25) is 0 Å². The highest BCUT2D eigenvalue weighted by atomic mass is 32.2. The molecule has 1 fully saturated rings. The summed E-state index contributed by atoms with van der Waals surface area (Å²) in [5.41, 5.74) is 2.58. The summed E-state index contributed by atoms with van der Waals surface area (Å²) >= 11 is 2.06. The smallest absolute Gasteiger partial charge is 0.125 e. The molecule has 0 spiro atoms. The van der Waals surface area contributed by atoms with E-state index in [1.54, 1.807) is 7.11 Å². The number of rotatable bonds is 4. The quantitative estimate of drug-likeness (QED) is 0.916. The number of nitrogens with one attached hydrogen (secondary N) is 1. The van der Waals surface area contributed by atoms with Crippen molar-refractivity contribution in [3.63, 3.8) is 0 Å². The molecule has 1 aliphatic rings. The first-order chi connectivity index (χ1) is 9.17. The van der Waals surface area contributed by atoms with Gasteiger partial charge >= 0.3 is 0 Å². The van der Waals surface area contributed by atoms with Crippen LogP contribution in [-0.2, 0) is 0 Å². The minimum absolute atomic E-state index is 0.288. The molecule has 0 aliphatic carbocycles. The SMILES string of the molecule is CNC(C)c1c(OC)cccc1N1CCSC(C)C1. The van der Waals surface area contributed by atoms with E-state index < -0.39 is 0 Å². The second kappa shape index (κ2) is 6.53. The van der Waals surface area contributed by atoms with Gasteiger partial charge in [-0.15, -0.1) is 0 Å². The van der Waals surface area contributed by atoms with Crippen LogP contribution in [0.4, 0.5) is 5.69 Å². The molecule has 3 nitrogen and oxygen atoms in total. The zero-order valence-corrected chi connectivity index (χ0v) is 13.1. The lowest BCUT2D eigenvalue weighted by molar-refractivity contribution is 0.404. The first-order valence-corrected chi connectivity index (χ1v) is 7.93. The highest BCUT2D eigenvalue weighted by molar-refractivity contribution is 8.00. The molecular weight excluding hydrogens is 256 g/mol. The van der Waals surface area contributed by atoms with Crippen molar-refractivity contribution in [1.82, 2.24) is 5.32 Å². The number of hydrogen-bond donors (Lipinski definition) is 1. The van der Waals surface area contributed by atoms with E-state index in [4.69, 9.17) is 4.74 Å². The van der Waals surface area contributed by atoms with Crippen molar-refractivity contribution in [1.29, 1.82) is 0 Å². The van der Waals surface area contributed by atoms with Crippen LogP contribution in [-0.4, -0.2) is 38.2 Å². The summed E-state index contributed by atoms with van der Waals surface area (Å²) in [6.07, 6.45) is 0. The number of nitrogens with zero attached hydrogens (tertiary/aromatic N) is 1. The zero-order valence-electron chi connectivity index (χ0n) is 12.3. The van der Waals surface area contributed by atoms with Gasteiger partial charge in [-0.1, -0.05) is 13.0 Å². The van der Waals surface area contributed by atoms with Gasteiger partial charge in [-0.2, -0.15) is 11.8 Å². The molecule has 2 atom stereocenters. The van der Waals surface area contributed by atoms with Gasteiger partial charge in [0.05, 0.1) is 7.11 Å². The summed E-state index contributed by atoms with van der Waals surface area (Å²) in [7, 11) is 3.75. The summed E-state index contributed by atoms with van der Waals surface area (Å²) in [4.78, 5) is 2.49. The first kappa shape index (κ1) is 14.5. The van der Waals surface area contributed by atoms with Crippen LogP contribution in [0.15, 0.2) is 18.2 Å². The fraction of sp³-hybridized carbons (Fsp3) is 0.600. The Morgan fingerprint density at radius 2 is 2.26 bits per heavy atom.